The zero-order valence-electron chi connectivity index (χ0n) is 23.1. The number of aliphatic hydroxyl groups excluding tert-OH is 1. The second-order valence-electron chi connectivity index (χ2n) is 11.0. The van der Waals surface area contributed by atoms with Crippen LogP contribution >= 0.6 is 0 Å². The summed E-state index contributed by atoms with van der Waals surface area (Å²) in [6.45, 7) is 8.07. The lowest BCUT2D eigenvalue weighted by molar-refractivity contribution is -0.0219. The Morgan fingerprint density at radius 1 is 1.15 bits per heavy atom. The highest BCUT2D eigenvalue weighted by Gasteiger charge is 2.39. The van der Waals surface area contributed by atoms with Gasteiger partial charge < -0.3 is 25.0 Å². The maximum Gasteiger partial charge on any atom is 0.227 e. The van der Waals surface area contributed by atoms with Crippen molar-refractivity contribution in [2.24, 2.45) is 5.92 Å². The lowest BCUT2D eigenvalue weighted by atomic mass is 9.90. The van der Waals surface area contributed by atoms with Gasteiger partial charge in [0.25, 0.3) is 0 Å². The van der Waals surface area contributed by atoms with Crippen LogP contribution in [-0.2, 0) is 14.6 Å². The Hall–Kier alpha value is -3.09. The van der Waals surface area contributed by atoms with Gasteiger partial charge in [-0.1, -0.05) is 13.8 Å². The van der Waals surface area contributed by atoms with Gasteiger partial charge in [0, 0.05) is 68.9 Å². The first-order valence-electron chi connectivity index (χ1n) is 13.3. The van der Waals surface area contributed by atoms with E-state index in [9.17, 15) is 13.5 Å². The Labute approximate surface area is 229 Å². The van der Waals surface area contributed by atoms with Crippen LogP contribution in [0.25, 0.3) is 10.8 Å². The minimum Gasteiger partial charge on any atom is -0.389 e. The number of nitrogens with one attached hydrogen (secondary N) is 1. The molecule has 4 atom stereocenters. The number of aliphatic hydroxyl groups is 1. The van der Waals surface area contributed by atoms with E-state index < -0.39 is 15.9 Å². The fourth-order valence-corrected chi connectivity index (χ4v) is 6.68. The van der Waals surface area contributed by atoms with Crippen molar-refractivity contribution in [1.29, 1.82) is 0 Å². The molecule has 3 aromatic rings. The van der Waals surface area contributed by atoms with E-state index >= 15 is 0 Å². The quantitative estimate of drug-likeness (QED) is 0.425. The molecule has 11 nitrogen and oxygen atoms in total. The van der Waals surface area contributed by atoms with Gasteiger partial charge in [-0.15, -0.1) is 0 Å². The van der Waals surface area contributed by atoms with E-state index in [0.717, 1.165) is 22.2 Å². The van der Waals surface area contributed by atoms with Crippen molar-refractivity contribution in [2.75, 3.05) is 53.9 Å². The fraction of sp³-hybridized carbons (Fsp3) is 0.556. The molecule has 2 N–H and O–H groups in total. The topological polar surface area (TPSA) is 134 Å². The molecule has 39 heavy (non-hydrogen) atoms. The van der Waals surface area contributed by atoms with Gasteiger partial charge in [-0.25, -0.2) is 23.4 Å². The number of nitrogens with zero attached hydrogens (tertiary/aromatic N) is 6. The number of hydrogen-bond donors (Lipinski definition) is 2. The molecular weight excluding hydrogens is 518 g/mol. The van der Waals surface area contributed by atoms with Gasteiger partial charge in [0.2, 0.25) is 5.95 Å². The van der Waals surface area contributed by atoms with Gasteiger partial charge in [-0.2, -0.15) is 4.98 Å². The zero-order chi connectivity index (χ0) is 27.9. The minimum atomic E-state index is -3.03. The molecule has 0 unspecified atom stereocenters. The van der Waals surface area contributed by atoms with Crippen molar-refractivity contribution >= 4 is 44.0 Å². The van der Waals surface area contributed by atoms with Crippen molar-refractivity contribution in [3.63, 3.8) is 0 Å². The summed E-state index contributed by atoms with van der Waals surface area (Å²) in [5.41, 5.74) is 1.11. The maximum absolute atomic E-state index is 11.8. The third kappa shape index (κ3) is 5.78. The predicted octanol–water partition coefficient (Wildman–Crippen LogP) is 2.74. The van der Waals surface area contributed by atoms with Crippen molar-refractivity contribution in [1.82, 2.24) is 19.9 Å². The average Bonchev–Trinajstić information content (AvgIpc) is 2.89. The van der Waals surface area contributed by atoms with Crippen LogP contribution in [-0.4, -0.2) is 90.5 Å². The van der Waals surface area contributed by atoms with Gasteiger partial charge in [-0.3, -0.25) is 0 Å². The Morgan fingerprint density at radius 3 is 2.62 bits per heavy atom. The number of methoxy groups -OCH3 is 1. The molecule has 2 fully saturated rings. The number of anilines is 4. The van der Waals surface area contributed by atoms with Gasteiger partial charge >= 0.3 is 0 Å². The monoisotopic (exact) mass is 555 g/mol. The summed E-state index contributed by atoms with van der Waals surface area (Å²) in [7, 11) is -1.42. The predicted molar refractivity (Wildman–Crippen MR) is 153 cm³/mol. The first-order valence-corrected chi connectivity index (χ1v) is 15.4. The third-order valence-electron chi connectivity index (χ3n) is 7.80. The summed E-state index contributed by atoms with van der Waals surface area (Å²) in [6.07, 6.45) is 6.66. The standard InChI is InChI=1S/C27H37N7O4S/c1-16(2)20-11-30-26(34-13-18(17(34)3)15-39(5,36)37)21-12-29-25(10-19(20)21)31-24-6-8-28-27(32-24)33-9-7-23(38-4)22(35)14-33/h6,8,10-12,16-18,22-23,35H,7,9,13-15H2,1-5H3,(H,28,29,31,32)/t17-,18-,22-,23-/m1/s1. The van der Waals surface area contributed by atoms with Gasteiger partial charge in [0.1, 0.15) is 27.3 Å². The molecule has 12 heteroatoms. The number of β-amino-alcohol motifs (C(OH)–C–C–N with tert-alkyl or cyclic N) is 1. The van der Waals surface area contributed by atoms with Gasteiger partial charge in [0.05, 0.1) is 18.0 Å². The smallest absolute Gasteiger partial charge is 0.227 e. The molecule has 210 valence electrons. The highest BCUT2D eigenvalue weighted by molar-refractivity contribution is 7.90. The van der Waals surface area contributed by atoms with Crippen molar-refractivity contribution < 1.29 is 18.3 Å². The Kier molecular flexibility index (Phi) is 7.62. The molecule has 0 amide bonds. The van der Waals surface area contributed by atoms with Crippen LogP contribution in [0.3, 0.4) is 0 Å². The number of sulfone groups is 1. The highest BCUT2D eigenvalue weighted by atomic mass is 32.2. The average molecular weight is 556 g/mol. The largest absolute Gasteiger partial charge is 0.389 e. The number of rotatable bonds is 8. The lowest BCUT2D eigenvalue weighted by Gasteiger charge is -2.47. The molecule has 5 rings (SSSR count). The van der Waals surface area contributed by atoms with E-state index in [4.69, 9.17) is 9.72 Å². The van der Waals surface area contributed by atoms with E-state index in [-0.39, 0.29) is 29.7 Å². The maximum atomic E-state index is 11.8. The van der Waals surface area contributed by atoms with Crippen molar-refractivity contribution in [2.45, 2.75) is 51.4 Å². The number of fused-ring (bicyclic) bond motifs is 1. The van der Waals surface area contributed by atoms with Crippen LogP contribution < -0.4 is 15.1 Å². The summed E-state index contributed by atoms with van der Waals surface area (Å²) in [5, 5.41) is 15.7. The molecular formula is C27H37N7O4S. The van der Waals surface area contributed by atoms with Gasteiger partial charge in [0.15, 0.2) is 0 Å². The summed E-state index contributed by atoms with van der Waals surface area (Å²) in [5.74, 6) is 3.15. The SMILES string of the molecule is CO[C@@H]1CCN(c2nccc(Nc3cc4c(C(C)C)cnc(N5C[C@H](CS(C)(=O)=O)[C@H]5C)c4cn3)n2)C[C@H]1O. The summed E-state index contributed by atoms with van der Waals surface area (Å²) in [6, 6.07) is 3.88. The van der Waals surface area contributed by atoms with Crippen LogP contribution in [0.4, 0.5) is 23.4 Å². The first-order chi connectivity index (χ1) is 18.5. The van der Waals surface area contributed by atoms with E-state index in [1.165, 1.54) is 6.26 Å². The number of hydrogen-bond acceptors (Lipinski definition) is 11. The molecule has 0 aromatic carbocycles. The molecule has 2 saturated heterocycles. The summed E-state index contributed by atoms with van der Waals surface area (Å²) in [4.78, 5) is 22.7. The first kappa shape index (κ1) is 27.5. The second-order valence-corrected chi connectivity index (χ2v) is 13.2. The Balaban J connectivity index is 1.40. The van der Waals surface area contributed by atoms with E-state index in [1.807, 2.05) is 23.4 Å². The van der Waals surface area contributed by atoms with Crippen LogP contribution in [0.15, 0.2) is 30.7 Å². The Bertz CT molecular complexity index is 1450. The van der Waals surface area contributed by atoms with E-state index in [0.29, 0.717) is 43.6 Å². The second kappa shape index (κ2) is 10.8. The van der Waals surface area contributed by atoms with Crippen LogP contribution in [0.5, 0.6) is 0 Å². The van der Waals surface area contributed by atoms with Crippen molar-refractivity contribution in [3.05, 3.63) is 36.3 Å². The molecule has 2 aliphatic heterocycles. The molecule has 5 heterocycles. The van der Waals surface area contributed by atoms with Crippen LogP contribution in [0, 0.1) is 5.92 Å². The molecule has 3 aromatic heterocycles. The lowest BCUT2D eigenvalue weighted by Crippen LogP contribution is -2.57. The highest BCUT2D eigenvalue weighted by Crippen LogP contribution is 2.38. The number of pyridine rings is 2. The van der Waals surface area contributed by atoms with Crippen molar-refractivity contribution in [3.8, 4) is 0 Å². The summed E-state index contributed by atoms with van der Waals surface area (Å²) >= 11 is 0. The van der Waals surface area contributed by atoms with Gasteiger partial charge in [-0.05, 0) is 42.3 Å². The minimum absolute atomic E-state index is 0.0741. The normalized spacial score (nSPS) is 23.8. The molecule has 0 radical (unpaired) electrons. The molecule has 0 aliphatic carbocycles. The molecule has 0 spiro atoms. The zero-order valence-corrected chi connectivity index (χ0v) is 23.9. The molecule has 2 aliphatic rings. The van der Waals surface area contributed by atoms with E-state index in [1.54, 1.807) is 19.4 Å². The molecule has 0 bridgehead atoms. The summed E-state index contributed by atoms with van der Waals surface area (Å²) < 4.78 is 29.0. The number of piperidine rings is 1. The van der Waals surface area contributed by atoms with E-state index in [2.05, 4.69) is 45.9 Å². The third-order valence-corrected chi connectivity index (χ3v) is 8.84. The Morgan fingerprint density at radius 2 is 1.95 bits per heavy atom. The fourth-order valence-electron chi connectivity index (χ4n) is 5.52. The number of ether oxygens (including phenoxy) is 1. The van der Waals surface area contributed by atoms with Crippen LogP contribution in [0.2, 0.25) is 0 Å². The number of aromatic nitrogens is 4. The molecule has 0 saturated carbocycles. The van der Waals surface area contributed by atoms with Crippen LogP contribution in [0.1, 0.15) is 38.7 Å².